The average molecular weight is 528 g/mol. The number of halogens is 1. The van der Waals surface area contributed by atoms with Crippen LogP contribution in [0, 0.1) is 6.92 Å². The van der Waals surface area contributed by atoms with E-state index in [0.717, 1.165) is 49.2 Å². The van der Waals surface area contributed by atoms with Gasteiger partial charge in [0.05, 0.1) is 40.8 Å². The molecule has 1 N–H and O–H groups in total. The number of unbranched alkanes of at least 4 members (excludes halogenated alkanes) is 1. The van der Waals surface area contributed by atoms with E-state index >= 15 is 0 Å². The monoisotopic (exact) mass is 527 g/mol. The summed E-state index contributed by atoms with van der Waals surface area (Å²) in [5.41, 5.74) is 2.70. The first kappa shape index (κ1) is 27.6. The molecule has 200 valence electrons. The second kappa shape index (κ2) is 13.9. The summed E-state index contributed by atoms with van der Waals surface area (Å²) in [6.45, 7) is 7.61. The predicted octanol–water partition coefficient (Wildman–Crippen LogP) is 5.79. The third kappa shape index (κ3) is 7.79. The number of aliphatic hydroxyl groups excluding tert-OH is 1. The van der Waals surface area contributed by atoms with Gasteiger partial charge in [-0.1, -0.05) is 55.3 Å². The van der Waals surface area contributed by atoms with Gasteiger partial charge in [-0.05, 0) is 50.5 Å². The second-order valence-electron chi connectivity index (χ2n) is 9.56. The minimum Gasteiger partial charge on any atom is -0.437 e. The molecule has 4 rings (SSSR count). The second-order valence-corrected chi connectivity index (χ2v) is 9.97. The van der Waals surface area contributed by atoms with E-state index in [1.165, 1.54) is 0 Å². The molecular formula is C29H38ClN3O4. The Labute approximate surface area is 224 Å². The zero-order valence-electron chi connectivity index (χ0n) is 21.8. The first-order chi connectivity index (χ1) is 18.0. The third-order valence-electron chi connectivity index (χ3n) is 6.47. The minimum absolute atomic E-state index is 0.144. The summed E-state index contributed by atoms with van der Waals surface area (Å²) in [5.74, 6) is 1.18. The highest BCUT2D eigenvalue weighted by atomic mass is 35.5. The Bertz CT molecular complexity index is 1100. The van der Waals surface area contributed by atoms with Gasteiger partial charge in [-0.25, -0.2) is 4.68 Å². The lowest BCUT2D eigenvalue weighted by Gasteiger charge is -2.27. The van der Waals surface area contributed by atoms with E-state index in [2.05, 4.69) is 11.8 Å². The van der Waals surface area contributed by atoms with Crippen LogP contribution in [0.1, 0.15) is 43.9 Å². The lowest BCUT2D eigenvalue weighted by molar-refractivity contribution is 0.00137. The summed E-state index contributed by atoms with van der Waals surface area (Å²) in [6, 6.07) is 17.4. The first-order valence-electron chi connectivity index (χ1n) is 13.2. The highest BCUT2D eigenvalue weighted by molar-refractivity contribution is 6.32. The number of ether oxygens (including phenoxy) is 3. The third-order valence-corrected chi connectivity index (χ3v) is 6.78. The van der Waals surface area contributed by atoms with Gasteiger partial charge in [0.1, 0.15) is 5.75 Å². The number of nitrogens with zero attached hydrogens (tertiary/aromatic N) is 3. The number of para-hydroxylation sites is 2. The van der Waals surface area contributed by atoms with Crippen molar-refractivity contribution in [1.29, 1.82) is 0 Å². The average Bonchev–Trinajstić information content (AvgIpc) is 3.52. The van der Waals surface area contributed by atoms with Crippen LogP contribution in [0.4, 0.5) is 0 Å². The van der Waals surface area contributed by atoms with Gasteiger partial charge < -0.3 is 19.3 Å². The predicted molar refractivity (Wildman–Crippen MR) is 146 cm³/mol. The van der Waals surface area contributed by atoms with E-state index in [1.807, 2.05) is 66.2 Å². The van der Waals surface area contributed by atoms with Crippen LogP contribution in [0.5, 0.6) is 11.6 Å². The van der Waals surface area contributed by atoms with Crippen LogP contribution in [0.15, 0.2) is 54.6 Å². The maximum Gasteiger partial charge on any atom is 0.227 e. The summed E-state index contributed by atoms with van der Waals surface area (Å²) < 4.78 is 19.9. The zero-order chi connectivity index (χ0) is 26.0. The molecule has 0 radical (unpaired) electrons. The molecule has 1 aliphatic rings. The van der Waals surface area contributed by atoms with E-state index in [0.29, 0.717) is 49.5 Å². The molecule has 3 aromatic rings. The molecule has 7 nitrogen and oxygen atoms in total. The van der Waals surface area contributed by atoms with Crippen LogP contribution in [0.2, 0.25) is 5.02 Å². The van der Waals surface area contributed by atoms with Crippen LogP contribution in [0.3, 0.4) is 0 Å². The Morgan fingerprint density at radius 3 is 2.70 bits per heavy atom. The van der Waals surface area contributed by atoms with Crippen LogP contribution in [-0.2, 0) is 16.0 Å². The normalized spacial score (nSPS) is 16.4. The summed E-state index contributed by atoms with van der Waals surface area (Å²) in [6.07, 6.45) is 3.69. The van der Waals surface area contributed by atoms with Gasteiger partial charge in [0, 0.05) is 32.8 Å². The summed E-state index contributed by atoms with van der Waals surface area (Å²) in [4.78, 5) is 2.22. The quantitative estimate of drug-likeness (QED) is 0.268. The zero-order valence-corrected chi connectivity index (χ0v) is 22.6. The number of aryl methyl sites for hydroxylation is 1. The van der Waals surface area contributed by atoms with Crippen molar-refractivity contribution >= 4 is 11.6 Å². The number of benzene rings is 2. The maximum atomic E-state index is 10.8. The molecule has 0 unspecified atom stereocenters. The molecule has 1 saturated heterocycles. The van der Waals surface area contributed by atoms with Crippen LogP contribution in [0.25, 0.3) is 5.69 Å². The molecule has 0 saturated carbocycles. The van der Waals surface area contributed by atoms with Crippen LogP contribution >= 0.6 is 11.6 Å². The Hall–Kier alpha value is -2.42. The van der Waals surface area contributed by atoms with Crippen LogP contribution < -0.4 is 4.74 Å². The molecule has 37 heavy (non-hydrogen) atoms. The Morgan fingerprint density at radius 2 is 1.97 bits per heavy atom. The van der Waals surface area contributed by atoms with E-state index in [4.69, 9.17) is 30.9 Å². The molecule has 0 bridgehead atoms. The highest BCUT2D eigenvalue weighted by Gasteiger charge is 2.26. The molecular weight excluding hydrogens is 490 g/mol. The molecule has 1 fully saturated rings. The number of rotatable bonds is 14. The fourth-order valence-electron chi connectivity index (χ4n) is 4.52. The number of hydrogen-bond donors (Lipinski definition) is 1. The molecule has 0 spiro atoms. The Balaban J connectivity index is 1.61. The Morgan fingerprint density at radius 1 is 1.19 bits per heavy atom. The van der Waals surface area contributed by atoms with Crippen molar-refractivity contribution in [3.8, 4) is 17.3 Å². The van der Waals surface area contributed by atoms with Crippen molar-refractivity contribution < 1.29 is 19.3 Å². The lowest BCUT2D eigenvalue weighted by Crippen LogP contribution is -2.39. The smallest absolute Gasteiger partial charge is 0.227 e. The fourth-order valence-corrected chi connectivity index (χ4v) is 4.70. The summed E-state index contributed by atoms with van der Waals surface area (Å²) in [5, 5.41) is 16.2. The molecule has 1 aromatic heterocycles. The molecule has 1 aliphatic heterocycles. The van der Waals surface area contributed by atoms with Crippen molar-refractivity contribution in [3.05, 3.63) is 70.9 Å². The van der Waals surface area contributed by atoms with Gasteiger partial charge in [0.15, 0.2) is 0 Å². The molecule has 2 heterocycles. The standard InChI is InChI=1S/C29H38ClN3O4/c1-3-4-16-35-21-24(34)18-32(19-25-13-10-17-36-25)20-26-22(2)31-33(23-11-6-5-7-12-23)29(26)37-28-15-9-8-14-27(28)30/h5-9,11-12,14-15,24-25,34H,3-4,10,13,16-21H2,1-2H3/t24-,25-/m1/s1. The number of aliphatic hydroxyl groups is 1. The van der Waals surface area contributed by atoms with Gasteiger partial charge in [0.25, 0.3) is 0 Å². The van der Waals surface area contributed by atoms with Gasteiger partial charge in [0.2, 0.25) is 5.88 Å². The van der Waals surface area contributed by atoms with Crippen molar-refractivity contribution in [1.82, 2.24) is 14.7 Å². The largest absolute Gasteiger partial charge is 0.437 e. The molecule has 0 amide bonds. The molecule has 0 aliphatic carbocycles. The number of hydrogen-bond acceptors (Lipinski definition) is 6. The topological polar surface area (TPSA) is 69.0 Å². The van der Waals surface area contributed by atoms with E-state index in [-0.39, 0.29) is 6.10 Å². The highest BCUT2D eigenvalue weighted by Crippen LogP contribution is 2.35. The van der Waals surface area contributed by atoms with Gasteiger partial charge in [-0.3, -0.25) is 4.90 Å². The minimum atomic E-state index is -0.601. The van der Waals surface area contributed by atoms with Crippen LogP contribution in [-0.4, -0.2) is 64.9 Å². The summed E-state index contributed by atoms with van der Waals surface area (Å²) in [7, 11) is 0. The Kier molecular flexibility index (Phi) is 10.4. The van der Waals surface area contributed by atoms with Crippen molar-refractivity contribution in [2.75, 3.05) is 32.9 Å². The summed E-state index contributed by atoms with van der Waals surface area (Å²) >= 11 is 6.46. The van der Waals surface area contributed by atoms with Crippen molar-refractivity contribution in [2.45, 2.75) is 58.3 Å². The molecule has 2 aromatic carbocycles. The van der Waals surface area contributed by atoms with E-state index in [9.17, 15) is 5.11 Å². The van der Waals surface area contributed by atoms with E-state index < -0.39 is 6.10 Å². The van der Waals surface area contributed by atoms with Gasteiger partial charge in [-0.15, -0.1) is 0 Å². The fraction of sp³-hybridized carbons (Fsp3) is 0.483. The SMILES string of the molecule is CCCCOC[C@H](O)CN(Cc1c(C)nn(-c2ccccc2)c1Oc1ccccc1Cl)C[C@H]1CCCO1. The van der Waals surface area contributed by atoms with Crippen molar-refractivity contribution in [2.24, 2.45) is 0 Å². The lowest BCUT2D eigenvalue weighted by atomic mass is 10.1. The van der Waals surface area contributed by atoms with Crippen molar-refractivity contribution in [3.63, 3.8) is 0 Å². The first-order valence-corrected chi connectivity index (χ1v) is 13.6. The maximum absolute atomic E-state index is 10.8. The van der Waals surface area contributed by atoms with E-state index in [1.54, 1.807) is 0 Å². The number of aromatic nitrogens is 2. The molecule has 2 atom stereocenters. The molecule has 8 heteroatoms. The van der Waals surface area contributed by atoms with Gasteiger partial charge >= 0.3 is 0 Å². The van der Waals surface area contributed by atoms with Gasteiger partial charge in [-0.2, -0.15) is 5.10 Å².